The molecule has 0 unspecified atom stereocenters. The molecule has 3 N–H and O–H groups in total. The Labute approximate surface area is 130 Å². The number of likely N-dealkylation sites (N-methyl/N-ethyl adjacent to an activating group) is 2. The number of hydrogen-bond donors (Lipinski definition) is 3. The maximum absolute atomic E-state index is 11.4. The summed E-state index contributed by atoms with van der Waals surface area (Å²) in [7, 11) is 3.24. The molecule has 0 atom stereocenters. The van der Waals surface area contributed by atoms with Gasteiger partial charge in [0, 0.05) is 13.1 Å². The van der Waals surface area contributed by atoms with Crippen LogP contribution < -0.4 is 25.4 Å². The summed E-state index contributed by atoms with van der Waals surface area (Å²) in [5.41, 5.74) is 0.881. The molecule has 0 radical (unpaired) electrons. The molecule has 0 aliphatic heterocycles. The molecule has 0 heterocycles. The molecule has 7 nitrogen and oxygen atoms in total. The van der Waals surface area contributed by atoms with Crippen LogP contribution in [0.5, 0.6) is 11.5 Å². The van der Waals surface area contributed by atoms with Crippen LogP contribution in [0.1, 0.15) is 12.5 Å². The van der Waals surface area contributed by atoms with E-state index in [4.69, 9.17) is 9.47 Å². The smallest absolute Gasteiger partial charge is 0.257 e. The fourth-order valence-corrected chi connectivity index (χ4v) is 1.76. The Morgan fingerprint density at radius 3 is 2.55 bits per heavy atom. The lowest BCUT2D eigenvalue weighted by Crippen LogP contribution is -2.31. The molecule has 0 aromatic heterocycles. The number of rotatable bonds is 9. The molecule has 2 amide bonds. The summed E-state index contributed by atoms with van der Waals surface area (Å²) < 4.78 is 10.7. The molecule has 0 aliphatic carbocycles. The molecule has 1 aromatic carbocycles. The van der Waals surface area contributed by atoms with Gasteiger partial charge < -0.3 is 25.4 Å². The number of ether oxygens (including phenoxy) is 2. The minimum Gasteiger partial charge on any atom is -0.493 e. The summed E-state index contributed by atoms with van der Waals surface area (Å²) in [6.45, 7) is 3.00. The van der Waals surface area contributed by atoms with Gasteiger partial charge in [-0.2, -0.15) is 0 Å². The van der Waals surface area contributed by atoms with Crippen molar-refractivity contribution in [3.63, 3.8) is 0 Å². The largest absolute Gasteiger partial charge is 0.493 e. The van der Waals surface area contributed by atoms with Crippen molar-refractivity contribution >= 4 is 11.8 Å². The van der Waals surface area contributed by atoms with Gasteiger partial charge in [-0.3, -0.25) is 9.59 Å². The third kappa shape index (κ3) is 6.01. The van der Waals surface area contributed by atoms with E-state index in [0.29, 0.717) is 24.6 Å². The van der Waals surface area contributed by atoms with Gasteiger partial charge >= 0.3 is 0 Å². The monoisotopic (exact) mass is 309 g/mol. The molecule has 0 spiro atoms. The summed E-state index contributed by atoms with van der Waals surface area (Å²) >= 11 is 0. The van der Waals surface area contributed by atoms with Crippen LogP contribution in [0.15, 0.2) is 18.2 Å². The molecule has 1 aromatic rings. The van der Waals surface area contributed by atoms with Crippen LogP contribution in [-0.2, 0) is 16.1 Å². The zero-order chi connectivity index (χ0) is 16.4. The number of nitrogens with one attached hydrogen (secondary N) is 3. The SMILES string of the molecule is CCNC(=O)COc1ccc(CNC(=O)CNC)cc1OC. The molecular weight excluding hydrogens is 286 g/mol. The summed E-state index contributed by atoms with van der Waals surface area (Å²) in [6.07, 6.45) is 0. The second-order valence-electron chi connectivity index (χ2n) is 4.53. The molecule has 1 rings (SSSR count). The molecule has 0 saturated carbocycles. The molecule has 0 bridgehead atoms. The second kappa shape index (κ2) is 9.62. The van der Waals surface area contributed by atoms with Crippen LogP contribution in [-0.4, -0.2) is 45.7 Å². The van der Waals surface area contributed by atoms with E-state index in [0.717, 1.165) is 5.56 Å². The molecule has 22 heavy (non-hydrogen) atoms. The molecule has 0 saturated heterocycles. The Hall–Kier alpha value is -2.28. The predicted octanol–water partition coefficient (Wildman–Crippen LogP) is 0.0457. The van der Waals surface area contributed by atoms with E-state index >= 15 is 0 Å². The fraction of sp³-hybridized carbons (Fsp3) is 0.467. The van der Waals surface area contributed by atoms with E-state index in [-0.39, 0.29) is 25.0 Å². The highest BCUT2D eigenvalue weighted by atomic mass is 16.5. The van der Waals surface area contributed by atoms with Gasteiger partial charge in [0.2, 0.25) is 5.91 Å². The van der Waals surface area contributed by atoms with E-state index in [1.807, 2.05) is 13.0 Å². The van der Waals surface area contributed by atoms with Crippen LogP contribution in [0, 0.1) is 0 Å². The Kier molecular flexibility index (Phi) is 7.77. The lowest BCUT2D eigenvalue weighted by Gasteiger charge is -2.12. The topological polar surface area (TPSA) is 88.7 Å². The Morgan fingerprint density at radius 1 is 1.14 bits per heavy atom. The van der Waals surface area contributed by atoms with E-state index in [9.17, 15) is 9.59 Å². The molecule has 0 aliphatic rings. The van der Waals surface area contributed by atoms with E-state index in [1.165, 1.54) is 7.11 Å². The highest BCUT2D eigenvalue weighted by molar-refractivity contribution is 5.78. The van der Waals surface area contributed by atoms with Gasteiger partial charge in [0.1, 0.15) is 0 Å². The van der Waals surface area contributed by atoms with Gasteiger partial charge in [0.05, 0.1) is 13.7 Å². The highest BCUT2D eigenvalue weighted by Gasteiger charge is 2.09. The first kappa shape index (κ1) is 17.8. The highest BCUT2D eigenvalue weighted by Crippen LogP contribution is 2.27. The fourth-order valence-electron chi connectivity index (χ4n) is 1.76. The first-order valence-electron chi connectivity index (χ1n) is 7.08. The first-order valence-corrected chi connectivity index (χ1v) is 7.08. The van der Waals surface area contributed by atoms with Gasteiger partial charge in [0.25, 0.3) is 5.91 Å². The number of benzene rings is 1. The van der Waals surface area contributed by atoms with Crippen molar-refractivity contribution in [2.45, 2.75) is 13.5 Å². The summed E-state index contributed by atoms with van der Waals surface area (Å²) in [4.78, 5) is 22.8. The van der Waals surface area contributed by atoms with E-state index in [1.54, 1.807) is 19.2 Å². The Bertz CT molecular complexity index is 506. The first-order chi connectivity index (χ1) is 10.6. The van der Waals surface area contributed by atoms with E-state index < -0.39 is 0 Å². The van der Waals surface area contributed by atoms with Crippen LogP contribution in [0.3, 0.4) is 0 Å². The zero-order valence-corrected chi connectivity index (χ0v) is 13.2. The predicted molar refractivity (Wildman–Crippen MR) is 82.9 cm³/mol. The number of carbonyl (C=O) groups excluding carboxylic acids is 2. The molecule has 0 fully saturated rings. The van der Waals surface area contributed by atoms with Crippen LogP contribution in [0.4, 0.5) is 0 Å². The van der Waals surface area contributed by atoms with Crippen molar-refractivity contribution in [3.05, 3.63) is 23.8 Å². The van der Waals surface area contributed by atoms with Crippen LogP contribution in [0.2, 0.25) is 0 Å². The van der Waals surface area contributed by atoms with Crippen LogP contribution in [0.25, 0.3) is 0 Å². The van der Waals surface area contributed by atoms with Crippen molar-refractivity contribution in [1.82, 2.24) is 16.0 Å². The van der Waals surface area contributed by atoms with Gasteiger partial charge in [-0.25, -0.2) is 0 Å². The standard InChI is InChI=1S/C15H23N3O4/c1-4-17-15(20)10-22-12-6-5-11(7-13(12)21-3)8-18-14(19)9-16-2/h5-7,16H,4,8-10H2,1-3H3,(H,17,20)(H,18,19). The van der Waals surface area contributed by atoms with Gasteiger partial charge in [0.15, 0.2) is 18.1 Å². The summed E-state index contributed by atoms with van der Waals surface area (Å²) in [5.74, 6) is 0.731. The minimum atomic E-state index is -0.187. The molecule has 7 heteroatoms. The lowest BCUT2D eigenvalue weighted by molar-refractivity contribution is -0.123. The summed E-state index contributed by atoms with van der Waals surface area (Å²) in [5, 5.41) is 8.21. The third-order valence-corrected chi connectivity index (χ3v) is 2.79. The third-order valence-electron chi connectivity index (χ3n) is 2.79. The number of methoxy groups -OCH3 is 1. The average molecular weight is 309 g/mol. The minimum absolute atomic E-state index is 0.0670. The average Bonchev–Trinajstić information content (AvgIpc) is 2.51. The zero-order valence-electron chi connectivity index (χ0n) is 13.2. The van der Waals surface area contributed by atoms with Crippen molar-refractivity contribution in [1.29, 1.82) is 0 Å². The quantitative estimate of drug-likeness (QED) is 0.600. The normalized spacial score (nSPS) is 9.95. The number of carbonyl (C=O) groups is 2. The molecular formula is C15H23N3O4. The Balaban J connectivity index is 2.62. The lowest BCUT2D eigenvalue weighted by atomic mass is 10.2. The van der Waals surface area contributed by atoms with Crippen molar-refractivity contribution in [2.75, 3.05) is 33.9 Å². The Morgan fingerprint density at radius 2 is 1.91 bits per heavy atom. The summed E-state index contributed by atoms with van der Waals surface area (Å²) in [6, 6.07) is 5.31. The van der Waals surface area contributed by atoms with Gasteiger partial charge in [-0.15, -0.1) is 0 Å². The van der Waals surface area contributed by atoms with Crippen molar-refractivity contribution in [3.8, 4) is 11.5 Å². The van der Waals surface area contributed by atoms with E-state index in [2.05, 4.69) is 16.0 Å². The maximum atomic E-state index is 11.4. The number of amides is 2. The second-order valence-corrected chi connectivity index (χ2v) is 4.53. The van der Waals surface area contributed by atoms with Gasteiger partial charge in [-0.1, -0.05) is 6.07 Å². The maximum Gasteiger partial charge on any atom is 0.257 e. The van der Waals surface area contributed by atoms with Gasteiger partial charge in [-0.05, 0) is 31.7 Å². The van der Waals surface area contributed by atoms with Crippen LogP contribution >= 0.6 is 0 Å². The number of hydrogen-bond acceptors (Lipinski definition) is 5. The molecule has 122 valence electrons. The van der Waals surface area contributed by atoms with Crippen molar-refractivity contribution in [2.24, 2.45) is 0 Å². The van der Waals surface area contributed by atoms with Crippen molar-refractivity contribution < 1.29 is 19.1 Å².